The first-order valence-electron chi connectivity index (χ1n) is 6.11. The molecule has 0 saturated carbocycles. The van der Waals surface area contributed by atoms with E-state index in [1.807, 2.05) is 30.3 Å². The monoisotopic (exact) mass is 256 g/mol. The molecule has 98 valence electrons. The fourth-order valence-corrected chi connectivity index (χ4v) is 1.82. The summed E-state index contributed by atoms with van der Waals surface area (Å²) in [6.45, 7) is 0.0270. The second kappa shape index (κ2) is 6.11. The molecule has 0 unspecified atom stereocenters. The Morgan fingerprint density at radius 2 is 2.00 bits per heavy atom. The molecular weight excluding hydrogens is 240 g/mol. The number of aromatic nitrogens is 1. The summed E-state index contributed by atoms with van der Waals surface area (Å²) in [5.74, 6) is -0.0900. The van der Waals surface area contributed by atoms with Gasteiger partial charge in [-0.1, -0.05) is 18.2 Å². The number of carbonyl (C=O) groups excluding carboxylic acids is 1. The lowest BCUT2D eigenvalue weighted by atomic mass is 10.1. The van der Waals surface area contributed by atoms with E-state index in [1.165, 1.54) is 0 Å². The highest BCUT2D eigenvalue weighted by Crippen LogP contribution is 2.15. The zero-order chi connectivity index (χ0) is 13.7. The van der Waals surface area contributed by atoms with Gasteiger partial charge in [-0.3, -0.25) is 9.78 Å². The Kier molecular flexibility index (Phi) is 4.26. The number of pyridine rings is 1. The number of amides is 1. The van der Waals surface area contributed by atoms with Gasteiger partial charge < -0.3 is 10.0 Å². The van der Waals surface area contributed by atoms with Crippen LogP contribution in [0.5, 0.6) is 0 Å². The van der Waals surface area contributed by atoms with E-state index in [0.29, 0.717) is 12.0 Å². The van der Waals surface area contributed by atoms with E-state index in [1.54, 1.807) is 30.3 Å². The molecule has 1 aromatic carbocycles. The number of rotatable bonds is 4. The van der Waals surface area contributed by atoms with Crippen LogP contribution in [0, 0.1) is 0 Å². The number of anilines is 1. The molecule has 0 aliphatic rings. The van der Waals surface area contributed by atoms with Crippen LogP contribution in [0.15, 0.2) is 48.7 Å². The summed E-state index contributed by atoms with van der Waals surface area (Å²) in [4.78, 5) is 18.0. The maximum absolute atomic E-state index is 12.3. The molecule has 0 bridgehead atoms. The highest BCUT2D eigenvalue weighted by molar-refractivity contribution is 6.05. The molecule has 1 heterocycles. The third-order valence-electron chi connectivity index (χ3n) is 2.88. The van der Waals surface area contributed by atoms with Crippen LogP contribution in [0.1, 0.15) is 16.1 Å². The van der Waals surface area contributed by atoms with Gasteiger partial charge in [0.1, 0.15) is 0 Å². The van der Waals surface area contributed by atoms with E-state index in [9.17, 15) is 4.79 Å². The maximum atomic E-state index is 12.3. The van der Waals surface area contributed by atoms with Gasteiger partial charge in [-0.25, -0.2) is 0 Å². The summed E-state index contributed by atoms with van der Waals surface area (Å²) < 4.78 is 0. The van der Waals surface area contributed by atoms with E-state index in [-0.39, 0.29) is 12.5 Å². The molecule has 4 nitrogen and oxygen atoms in total. The van der Waals surface area contributed by atoms with Gasteiger partial charge in [0.2, 0.25) is 0 Å². The van der Waals surface area contributed by atoms with E-state index in [2.05, 4.69) is 4.98 Å². The van der Waals surface area contributed by atoms with E-state index in [0.717, 1.165) is 11.4 Å². The Hall–Kier alpha value is -2.20. The smallest absolute Gasteiger partial charge is 0.258 e. The standard InChI is InChI=1S/C15H16N2O2/c1-17(14-5-3-2-4-6-14)15(19)12-7-9-16-13(11-12)8-10-18/h2-7,9,11,18H,8,10H2,1H3. The first kappa shape index (κ1) is 13.2. The highest BCUT2D eigenvalue weighted by atomic mass is 16.3. The summed E-state index contributed by atoms with van der Waals surface area (Å²) in [5, 5.41) is 8.90. The Bertz CT molecular complexity index is 555. The quantitative estimate of drug-likeness (QED) is 0.909. The third kappa shape index (κ3) is 3.17. The van der Waals surface area contributed by atoms with Crippen molar-refractivity contribution in [1.29, 1.82) is 0 Å². The van der Waals surface area contributed by atoms with E-state index in [4.69, 9.17) is 5.11 Å². The van der Waals surface area contributed by atoms with Crippen molar-refractivity contribution < 1.29 is 9.90 Å². The van der Waals surface area contributed by atoms with Crippen LogP contribution < -0.4 is 4.90 Å². The van der Waals surface area contributed by atoms with Crippen molar-refractivity contribution in [2.75, 3.05) is 18.6 Å². The number of hydrogen-bond acceptors (Lipinski definition) is 3. The minimum Gasteiger partial charge on any atom is -0.396 e. The van der Waals surface area contributed by atoms with Gasteiger partial charge >= 0.3 is 0 Å². The van der Waals surface area contributed by atoms with Crippen molar-refractivity contribution in [2.24, 2.45) is 0 Å². The van der Waals surface area contributed by atoms with Gasteiger partial charge in [-0.2, -0.15) is 0 Å². The molecule has 1 aromatic heterocycles. The second-order valence-electron chi connectivity index (χ2n) is 4.21. The summed E-state index contributed by atoms with van der Waals surface area (Å²) >= 11 is 0. The molecule has 0 saturated heterocycles. The molecule has 0 fully saturated rings. The molecule has 0 atom stereocenters. The molecule has 4 heteroatoms. The van der Waals surface area contributed by atoms with Crippen LogP contribution in [0.2, 0.25) is 0 Å². The first-order valence-corrected chi connectivity index (χ1v) is 6.11. The van der Waals surface area contributed by atoms with Crippen molar-refractivity contribution in [3.8, 4) is 0 Å². The topological polar surface area (TPSA) is 53.4 Å². The number of benzene rings is 1. The molecule has 0 radical (unpaired) electrons. The van der Waals surface area contributed by atoms with Crippen molar-refractivity contribution >= 4 is 11.6 Å². The molecule has 0 aliphatic heterocycles. The van der Waals surface area contributed by atoms with Crippen molar-refractivity contribution in [3.63, 3.8) is 0 Å². The number of aliphatic hydroxyl groups is 1. The summed E-state index contributed by atoms with van der Waals surface area (Å²) in [5.41, 5.74) is 2.13. The lowest BCUT2D eigenvalue weighted by Crippen LogP contribution is -2.26. The zero-order valence-corrected chi connectivity index (χ0v) is 10.8. The fraction of sp³-hybridized carbons (Fsp3) is 0.200. The average Bonchev–Trinajstić information content (AvgIpc) is 2.47. The molecule has 0 aliphatic carbocycles. The number of carbonyl (C=O) groups is 1. The summed E-state index contributed by atoms with van der Waals surface area (Å²) in [6.07, 6.45) is 2.05. The molecule has 2 rings (SSSR count). The molecule has 2 aromatic rings. The SMILES string of the molecule is CN(C(=O)c1ccnc(CCO)c1)c1ccccc1. The van der Waals surface area contributed by atoms with Gasteiger partial charge in [-0.15, -0.1) is 0 Å². The molecular formula is C15H16N2O2. The van der Waals surface area contributed by atoms with Crippen molar-refractivity contribution in [2.45, 2.75) is 6.42 Å². The third-order valence-corrected chi connectivity index (χ3v) is 2.88. The molecule has 0 spiro atoms. The number of aliphatic hydroxyl groups excluding tert-OH is 1. The Morgan fingerprint density at radius 3 is 2.68 bits per heavy atom. The largest absolute Gasteiger partial charge is 0.396 e. The lowest BCUT2D eigenvalue weighted by Gasteiger charge is -2.17. The zero-order valence-electron chi connectivity index (χ0n) is 10.8. The molecule has 1 N–H and O–H groups in total. The van der Waals surface area contributed by atoms with Crippen LogP contribution >= 0.6 is 0 Å². The highest BCUT2D eigenvalue weighted by Gasteiger charge is 2.13. The van der Waals surface area contributed by atoms with Gasteiger partial charge in [-0.05, 0) is 24.3 Å². The minimum atomic E-state index is -0.0900. The fourth-order valence-electron chi connectivity index (χ4n) is 1.82. The normalized spacial score (nSPS) is 10.2. The number of para-hydroxylation sites is 1. The number of hydrogen-bond donors (Lipinski definition) is 1. The summed E-state index contributed by atoms with van der Waals surface area (Å²) in [6, 6.07) is 12.9. The Balaban J connectivity index is 2.22. The minimum absolute atomic E-state index is 0.0270. The number of nitrogens with zero attached hydrogens (tertiary/aromatic N) is 2. The van der Waals surface area contributed by atoms with Crippen LogP contribution in [0.3, 0.4) is 0 Å². The predicted molar refractivity (Wildman–Crippen MR) is 74.2 cm³/mol. The van der Waals surface area contributed by atoms with Gasteiger partial charge in [0, 0.05) is 43.2 Å². The van der Waals surface area contributed by atoms with E-state index < -0.39 is 0 Å². The van der Waals surface area contributed by atoms with Crippen molar-refractivity contribution in [1.82, 2.24) is 4.98 Å². The van der Waals surface area contributed by atoms with Crippen LogP contribution in [0.4, 0.5) is 5.69 Å². The lowest BCUT2D eigenvalue weighted by molar-refractivity contribution is 0.0992. The van der Waals surface area contributed by atoms with Crippen LogP contribution in [-0.2, 0) is 6.42 Å². The van der Waals surface area contributed by atoms with Crippen LogP contribution in [0.25, 0.3) is 0 Å². The van der Waals surface area contributed by atoms with E-state index >= 15 is 0 Å². The first-order chi connectivity index (χ1) is 9.22. The average molecular weight is 256 g/mol. The summed E-state index contributed by atoms with van der Waals surface area (Å²) in [7, 11) is 1.74. The van der Waals surface area contributed by atoms with Gasteiger partial charge in [0.15, 0.2) is 0 Å². The van der Waals surface area contributed by atoms with Crippen LogP contribution in [-0.4, -0.2) is 29.7 Å². The maximum Gasteiger partial charge on any atom is 0.258 e. The van der Waals surface area contributed by atoms with Gasteiger partial charge in [0.05, 0.1) is 0 Å². The molecule has 19 heavy (non-hydrogen) atoms. The Morgan fingerprint density at radius 1 is 1.26 bits per heavy atom. The van der Waals surface area contributed by atoms with Gasteiger partial charge in [0.25, 0.3) is 5.91 Å². The Labute approximate surface area is 112 Å². The predicted octanol–water partition coefficient (Wildman–Crippen LogP) is 1.89. The van der Waals surface area contributed by atoms with Crippen molar-refractivity contribution in [3.05, 3.63) is 59.9 Å². The molecule has 1 amide bonds. The second-order valence-corrected chi connectivity index (χ2v) is 4.21.